The summed E-state index contributed by atoms with van der Waals surface area (Å²) in [7, 11) is 0. The minimum Gasteiger partial charge on any atom is -0.477 e. The highest BCUT2D eigenvalue weighted by molar-refractivity contribution is 7.13. The third-order valence-electron chi connectivity index (χ3n) is 4.06. The Bertz CT molecular complexity index is 530. The number of amides is 1. The van der Waals surface area contributed by atoms with E-state index in [0.29, 0.717) is 17.2 Å². The van der Waals surface area contributed by atoms with Crippen LogP contribution in [0.5, 0.6) is 0 Å². The van der Waals surface area contributed by atoms with Gasteiger partial charge in [0.1, 0.15) is 9.88 Å². The van der Waals surface area contributed by atoms with Gasteiger partial charge in [-0.15, -0.1) is 11.3 Å². The van der Waals surface area contributed by atoms with Crippen molar-refractivity contribution in [1.82, 2.24) is 10.3 Å². The van der Waals surface area contributed by atoms with Crippen LogP contribution in [0.25, 0.3) is 0 Å². The molecule has 102 valence electrons. The second kappa shape index (κ2) is 4.59. The van der Waals surface area contributed by atoms with Crippen LogP contribution in [0.4, 0.5) is 0 Å². The monoisotopic (exact) mass is 280 g/mol. The lowest BCUT2D eigenvalue weighted by atomic mass is 10.0. The first kappa shape index (κ1) is 12.6. The van der Waals surface area contributed by atoms with Gasteiger partial charge in [0.05, 0.1) is 12.2 Å². The molecule has 3 rings (SSSR count). The van der Waals surface area contributed by atoms with Crippen LogP contribution >= 0.6 is 11.3 Å². The molecule has 0 saturated heterocycles. The van der Waals surface area contributed by atoms with Gasteiger partial charge in [-0.2, -0.15) is 0 Å². The number of nitrogens with one attached hydrogen (secondary N) is 1. The Labute approximate surface area is 115 Å². The van der Waals surface area contributed by atoms with Gasteiger partial charge in [-0.3, -0.25) is 4.79 Å². The number of aryl methyl sites for hydroxylation is 1. The predicted octanol–water partition coefficient (Wildman–Crippen LogP) is 1.81. The second-order valence-electron chi connectivity index (χ2n) is 5.47. The highest BCUT2D eigenvalue weighted by Gasteiger charge is 2.47. The van der Waals surface area contributed by atoms with Crippen LogP contribution in [-0.2, 0) is 11.3 Å². The molecule has 2 saturated carbocycles. The number of fused-ring (bicyclic) bond motifs is 1. The van der Waals surface area contributed by atoms with Gasteiger partial charge in [0.2, 0.25) is 5.91 Å². The molecule has 0 spiro atoms. The van der Waals surface area contributed by atoms with Gasteiger partial charge in [0.25, 0.3) is 0 Å². The summed E-state index contributed by atoms with van der Waals surface area (Å²) in [5, 5.41) is 12.5. The SMILES string of the molecule is Cc1nc(CNC(=O)C2CC3CC3C2)sc1C(=O)O. The molecule has 0 aromatic carbocycles. The van der Waals surface area contributed by atoms with E-state index >= 15 is 0 Å². The molecule has 0 radical (unpaired) electrons. The first-order valence-corrected chi connectivity index (χ1v) is 7.33. The zero-order chi connectivity index (χ0) is 13.6. The summed E-state index contributed by atoms with van der Waals surface area (Å²) < 4.78 is 0. The summed E-state index contributed by atoms with van der Waals surface area (Å²) in [5.41, 5.74) is 0.517. The normalized spacial score (nSPS) is 27.9. The Balaban J connectivity index is 1.55. The van der Waals surface area contributed by atoms with Gasteiger partial charge >= 0.3 is 5.97 Å². The summed E-state index contributed by atoms with van der Waals surface area (Å²) in [6.45, 7) is 2.01. The fourth-order valence-corrected chi connectivity index (χ4v) is 3.81. The third kappa shape index (κ3) is 2.49. The van der Waals surface area contributed by atoms with Crippen LogP contribution in [0.15, 0.2) is 0 Å². The van der Waals surface area contributed by atoms with Gasteiger partial charge < -0.3 is 10.4 Å². The zero-order valence-electron chi connectivity index (χ0n) is 10.7. The van der Waals surface area contributed by atoms with Crippen molar-refractivity contribution in [2.24, 2.45) is 17.8 Å². The van der Waals surface area contributed by atoms with E-state index < -0.39 is 5.97 Å². The van der Waals surface area contributed by atoms with E-state index in [1.807, 2.05) is 0 Å². The highest BCUT2D eigenvalue weighted by atomic mass is 32.1. The Kier molecular flexibility index (Phi) is 3.05. The number of aromatic nitrogens is 1. The summed E-state index contributed by atoms with van der Waals surface area (Å²) >= 11 is 1.14. The first-order chi connectivity index (χ1) is 9.04. The number of hydrogen-bond donors (Lipinski definition) is 2. The lowest BCUT2D eigenvalue weighted by Gasteiger charge is -2.11. The topological polar surface area (TPSA) is 79.3 Å². The molecule has 2 unspecified atom stereocenters. The van der Waals surface area contributed by atoms with Crippen molar-refractivity contribution < 1.29 is 14.7 Å². The largest absolute Gasteiger partial charge is 0.477 e. The second-order valence-corrected chi connectivity index (χ2v) is 6.55. The molecule has 0 aliphatic heterocycles. The summed E-state index contributed by atoms with van der Waals surface area (Å²) in [6.07, 6.45) is 3.35. The maximum atomic E-state index is 12.0. The van der Waals surface area contributed by atoms with Crippen molar-refractivity contribution >= 4 is 23.2 Å². The molecule has 2 N–H and O–H groups in total. The maximum Gasteiger partial charge on any atom is 0.347 e. The van der Waals surface area contributed by atoms with Crippen LogP contribution in [0.3, 0.4) is 0 Å². The number of carboxylic acid groups (broad SMARTS) is 1. The number of hydrogen-bond acceptors (Lipinski definition) is 4. The highest BCUT2D eigenvalue weighted by Crippen LogP contribution is 2.54. The summed E-state index contributed by atoms with van der Waals surface area (Å²) in [5.74, 6) is 0.872. The van der Waals surface area contributed by atoms with E-state index in [0.717, 1.165) is 36.0 Å². The Morgan fingerprint density at radius 1 is 1.37 bits per heavy atom. The van der Waals surface area contributed by atoms with Gasteiger partial charge in [-0.1, -0.05) is 0 Å². The maximum absolute atomic E-state index is 12.0. The number of carbonyl (C=O) groups excluding carboxylic acids is 1. The molecule has 0 bridgehead atoms. The lowest BCUT2D eigenvalue weighted by molar-refractivity contribution is -0.125. The molecule has 2 fully saturated rings. The number of carbonyl (C=O) groups is 2. The fourth-order valence-electron chi connectivity index (χ4n) is 2.96. The van der Waals surface area contributed by atoms with E-state index in [1.54, 1.807) is 6.92 Å². The predicted molar refractivity (Wildman–Crippen MR) is 70.0 cm³/mol. The molecule has 2 aliphatic carbocycles. The van der Waals surface area contributed by atoms with Crippen LogP contribution in [-0.4, -0.2) is 22.0 Å². The van der Waals surface area contributed by atoms with Gasteiger partial charge in [-0.05, 0) is 38.0 Å². The average Bonchev–Trinajstić information content (AvgIpc) is 2.81. The number of thiazole rings is 1. The minimum atomic E-state index is -0.955. The van der Waals surface area contributed by atoms with E-state index in [9.17, 15) is 9.59 Å². The molecule has 5 nitrogen and oxygen atoms in total. The number of aromatic carboxylic acids is 1. The van der Waals surface area contributed by atoms with Crippen molar-refractivity contribution in [3.05, 3.63) is 15.6 Å². The smallest absolute Gasteiger partial charge is 0.347 e. The van der Waals surface area contributed by atoms with Crippen molar-refractivity contribution in [1.29, 1.82) is 0 Å². The molecule has 2 atom stereocenters. The third-order valence-corrected chi connectivity index (χ3v) is 5.21. The quantitative estimate of drug-likeness (QED) is 0.881. The van der Waals surface area contributed by atoms with Crippen LogP contribution in [0.1, 0.15) is 39.6 Å². The molecule has 19 heavy (non-hydrogen) atoms. The Morgan fingerprint density at radius 3 is 2.63 bits per heavy atom. The van der Waals surface area contributed by atoms with E-state index in [-0.39, 0.29) is 16.7 Å². The Morgan fingerprint density at radius 2 is 2.05 bits per heavy atom. The minimum absolute atomic E-state index is 0.0944. The first-order valence-electron chi connectivity index (χ1n) is 6.52. The van der Waals surface area contributed by atoms with Crippen molar-refractivity contribution in [3.8, 4) is 0 Å². The van der Waals surface area contributed by atoms with Crippen molar-refractivity contribution in [3.63, 3.8) is 0 Å². The van der Waals surface area contributed by atoms with Crippen LogP contribution in [0.2, 0.25) is 0 Å². The molecule has 2 aliphatic rings. The standard InChI is InChI=1S/C13H16N2O3S/c1-6-11(13(17)18)19-10(15-6)5-14-12(16)9-3-7-2-8(7)4-9/h7-9H,2-5H2,1H3,(H,14,16)(H,17,18). The van der Waals surface area contributed by atoms with Gasteiger partial charge in [-0.25, -0.2) is 9.78 Å². The average molecular weight is 280 g/mol. The molecule has 1 aromatic rings. The molecule has 1 heterocycles. The molecular formula is C13H16N2O3S. The lowest BCUT2D eigenvalue weighted by Crippen LogP contribution is -2.29. The molecule has 1 amide bonds. The van der Waals surface area contributed by atoms with Crippen LogP contribution in [0, 0.1) is 24.7 Å². The Hall–Kier alpha value is -1.43. The number of rotatable bonds is 4. The summed E-state index contributed by atoms with van der Waals surface area (Å²) in [4.78, 5) is 27.3. The number of carboxylic acids is 1. The van der Waals surface area contributed by atoms with Gasteiger partial charge in [0.15, 0.2) is 0 Å². The molecule has 6 heteroatoms. The van der Waals surface area contributed by atoms with E-state index in [4.69, 9.17) is 5.11 Å². The summed E-state index contributed by atoms with van der Waals surface area (Å²) in [6, 6.07) is 0. The fraction of sp³-hybridized carbons (Fsp3) is 0.615. The zero-order valence-corrected chi connectivity index (χ0v) is 11.5. The molecular weight excluding hydrogens is 264 g/mol. The van der Waals surface area contributed by atoms with Gasteiger partial charge in [0, 0.05) is 5.92 Å². The van der Waals surface area contributed by atoms with E-state index in [2.05, 4.69) is 10.3 Å². The van der Waals surface area contributed by atoms with Crippen molar-refractivity contribution in [2.75, 3.05) is 0 Å². The number of nitrogens with zero attached hydrogens (tertiary/aromatic N) is 1. The molecule has 1 aromatic heterocycles. The van der Waals surface area contributed by atoms with Crippen molar-refractivity contribution in [2.45, 2.75) is 32.7 Å². The van der Waals surface area contributed by atoms with E-state index in [1.165, 1.54) is 6.42 Å². The van der Waals surface area contributed by atoms with Crippen LogP contribution < -0.4 is 5.32 Å².